The third kappa shape index (κ3) is 4.35. The van der Waals surface area contributed by atoms with Gasteiger partial charge in [-0.1, -0.05) is 42.5 Å². The summed E-state index contributed by atoms with van der Waals surface area (Å²) in [6.07, 6.45) is 1.40. The fourth-order valence-corrected chi connectivity index (χ4v) is 5.03. The molecule has 6 nitrogen and oxygen atoms in total. The molecule has 0 saturated carbocycles. The summed E-state index contributed by atoms with van der Waals surface area (Å²) >= 11 is 0. The van der Waals surface area contributed by atoms with Crippen molar-refractivity contribution in [1.82, 2.24) is 4.90 Å². The summed E-state index contributed by atoms with van der Waals surface area (Å²) in [7, 11) is 3.92. The number of fused-ring (bicyclic) bond motifs is 1. The van der Waals surface area contributed by atoms with Crippen molar-refractivity contribution in [3.63, 3.8) is 0 Å². The van der Waals surface area contributed by atoms with Gasteiger partial charge < -0.3 is 19.6 Å². The van der Waals surface area contributed by atoms with Crippen molar-refractivity contribution in [3.05, 3.63) is 101 Å². The molecular formula is C30H30N2O4. The molecule has 3 aromatic rings. The molecule has 1 fully saturated rings. The Morgan fingerprint density at radius 3 is 2.44 bits per heavy atom. The molecule has 0 spiro atoms. The van der Waals surface area contributed by atoms with Gasteiger partial charge >= 0.3 is 0 Å². The molecule has 3 aromatic carbocycles. The number of aliphatic hydroxyl groups excluding tert-OH is 1. The first kappa shape index (κ1) is 23.7. The Bertz CT molecular complexity index is 1330. The molecule has 0 radical (unpaired) electrons. The van der Waals surface area contributed by atoms with Crippen molar-refractivity contribution in [2.75, 3.05) is 25.5 Å². The van der Waals surface area contributed by atoms with E-state index in [9.17, 15) is 14.7 Å². The number of carbonyl (C=O) groups is 2. The monoisotopic (exact) mass is 482 g/mol. The molecular weight excluding hydrogens is 452 g/mol. The average molecular weight is 483 g/mol. The van der Waals surface area contributed by atoms with Crippen LogP contribution < -0.4 is 9.64 Å². The summed E-state index contributed by atoms with van der Waals surface area (Å²) in [5, 5.41) is 11.4. The maximum absolute atomic E-state index is 13.3. The van der Waals surface area contributed by atoms with E-state index in [1.54, 1.807) is 11.0 Å². The molecule has 2 aliphatic rings. The number of ketones is 1. The van der Waals surface area contributed by atoms with E-state index in [1.165, 1.54) is 0 Å². The van der Waals surface area contributed by atoms with Crippen LogP contribution in [0.25, 0.3) is 5.76 Å². The number of likely N-dealkylation sites (tertiary alicyclic amines) is 1. The molecule has 36 heavy (non-hydrogen) atoms. The topological polar surface area (TPSA) is 70.1 Å². The zero-order valence-corrected chi connectivity index (χ0v) is 20.8. The van der Waals surface area contributed by atoms with Crippen LogP contribution in [0.4, 0.5) is 5.69 Å². The van der Waals surface area contributed by atoms with E-state index in [1.807, 2.05) is 92.6 Å². The molecule has 6 heteroatoms. The Hall–Kier alpha value is -4.06. The van der Waals surface area contributed by atoms with Gasteiger partial charge in [0.25, 0.3) is 11.7 Å². The normalized spacial score (nSPS) is 20.4. The maximum Gasteiger partial charge on any atom is 0.295 e. The molecule has 5 rings (SSSR count). The summed E-state index contributed by atoms with van der Waals surface area (Å²) in [5.74, 6) is -0.613. The van der Waals surface area contributed by atoms with E-state index < -0.39 is 17.7 Å². The van der Waals surface area contributed by atoms with Crippen molar-refractivity contribution in [1.29, 1.82) is 0 Å². The van der Waals surface area contributed by atoms with E-state index in [0.29, 0.717) is 18.5 Å². The Balaban J connectivity index is 1.57. The van der Waals surface area contributed by atoms with Crippen LogP contribution in [0.3, 0.4) is 0 Å². The lowest BCUT2D eigenvalue weighted by atomic mass is 9.94. The van der Waals surface area contributed by atoms with Gasteiger partial charge in [0.05, 0.1) is 11.6 Å². The van der Waals surface area contributed by atoms with Gasteiger partial charge in [0.1, 0.15) is 17.6 Å². The number of anilines is 1. The van der Waals surface area contributed by atoms with Crippen molar-refractivity contribution in [3.8, 4) is 5.75 Å². The van der Waals surface area contributed by atoms with Crippen molar-refractivity contribution >= 4 is 23.1 Å². The Labute approximate surface area is 211 Å². The Morgan fingerprint density at radius 2 is 1.75 bits per heavy atom. The molecule has 2 atom stereocenters. The lowest BCUT2D eigenvalue weighted by Crippen LogP contribution is -2.31. The number of hydrogen-bond donors (Lipinski definition) is 1. The second-order valence-corrected chi connectivity index (χ2v) is 9.67. The van der Waals surface area contributed by atoms with Crippen LogP contribution in [0.15, 0.2) is 78.4 Å². The van der Waals surface area contributed by atoms with Crippen molar-refractivity contribution in [2.45, 2.75) is 31.9 Å². The number of carbonyl (C=O) groups excluding carboxylic acids is 2. The van der Waals surface area contributed by atoms with Gasteiger partial charge in [-0.15, -0.1) is 0 Å². The molecule has 1 amide bonds. The third-order valence-electron chi connectivity index (χ3n) is 6.92. The largest absolute Gasteiger partial charge is 0.507 e. The number of rotatable bonds is 6. The zero-order valence-electron chi connectivity index (χ0n) is 20.8. The molecule has 0 bridgehead atoms. The molecule has 0 aromatic heterocycles. The Kier molecular flexibility index (Phi) is 6.27. The zero-order chi connectivity index (χ0) is 25.4. The number of benzene rings is 3. The molecule has 0 aliphatic carbocycles. The van der Waals surface area contributed by atoms with Crippen LogP contribution in [0, 0.1) is 0 Å². The van der Waals surface area contributed by atoms with Crippen molar-refractivity contribution < 1.29 is 19.4 Å². The van der Waals surface area contributed by atoms with Gasteiger partial charge in [-0.3, -0.25) is 9.59 Å². The minimum absolute atomic E-state index is 0.0659. The second kappa shape index (κ2) is 9.53. The summed E-state index contributed by atoms with van der Waals surface area (Å²) in [6.45, 7) is 2.36. The summed E-state index contributed by atoms with van der Waals surface area (Å²) in [4.78, 5) is 30.2. The van der Waals surface area contributed by atoms with E-state index in [4.69, 9.17) is 4.74 Å². The summed E-state index contributed by atoms with van der Waals surface area (Å²) < 4.78 is 5.79. The lowest BCUT2D eigenvalue weighted by Gasteiger charge is -2.26. The van der Waals surface area contributed by atoms with E-state index in [-0.39, 0.29) is 17.4 Å². The van der Waals surface area contributed by atoms with Crippen LogP contribution in [-0.2, 0) is 22.4 Å². The van der Waals surface area contributed by atoms with Gasteiger partial charge in [-0.05, 0) is 60.4 Å². The maximum atomic E-state index is 13.3. The highest BCUT2D eigenvalue weighted by Crippen LogP contribution is 2.41. The highest BCUT2D eigenvalue weighted by Gasteiger charge is 2.46. The second-order valence-electron chi connectivity index (χ2n) is 9.67. The minimum atomic E-state index is -0.673. The highest BCUT2D eigenvalue weighted by atomic mass is 16.5. The van der Waals surface area contributed by atoms with Crippen LogP contribution >= 0.6 is 0 Å². The summed E-state index contributed by atoms with van der Waals surface area (Å²) in [5.41, 5.74) is 4.49. The van der Waals surface area contributed by atoms with Gasteiger partial charge in [-0.2, -0.15) is 0 Å². The standard InChI is InChI=1S/C30H30N2O4/c1-19-17-23-18-22(11-14-25(23)36-19)28(33)26-27(21-9-12-24(13-10-21)31(2)3)32(30(35)29(26)34)16-15-20-7-5-4-6-8-20/h4-14,18-19,27,33H,15-17H2,1-3H3/b28-26+/t19-,27-/m1/s1. The van der Waals surface area contributed by atoms with Crippen LogP contribution in [0.2, 0.25) is 0 Å². The fraction of sp³-hybridized carbons (Fsp3) is 0.267. The third-order valence-corrected chi connectivity index (χ3v) is 6.92. The predicted molar refractivity (Wildman–Crippen MR) is 140 cm³/mol. The summed E-state index contributed by atoms with van der Waals surface area (Å²) in [6, 6.07) is 22.4. The smallest absolute Gasteiger partial charge is 0.295 e. The van der Waals surface area contributed by atoms with Crippen molar-refractivity contribution in [2.24, 2.45) is 0 Å². The molecule has 2 heterocycles. The average Bonchev–Trinajstić information content (AvgIpc) is 3.38. The Morgan fingerprint density at radius 1 is 1.03 bits per heavy atom. The van der Waals surface area contributed by atoms with E-state index >= 15 is 0 Å². The minimum Gasteiger partial charge on any atom is -0.507 e. The molecule has 0 unspecified atom stereocenters. The van der Waals surface area contributed by atoms with Crippen LogP contribution in [-0.4, -0.2) is 48.4 Å². The van der Waals surface area contributed by atoms with Crippen LogP contribution in [0.5, 0.6) is 5.75 Å². The highest BCUT2D eigenvalue weighted by molar-refractivity contribution is 6.46. The van der Waals surface area contributed by atoms with Gasteiger partial charge in [-0.25, -0.2) is 0 Å². The van der Waals surface area contributed by atoms with Gasteiger partial charge in [0.2, 0.25) is 0 Å². The first-order valence-corrected chi connectivity index (χ1v) is 12.2. The first-order chi connectivity index (χ1) is 17.3. The molecule has 2 aliphatic heterocycles. The van der Waals surface area contributed by atoms with E-state index in [2.05, 4.69) is 0 Å². The lowest BCUT2D eigenvalue weighted by molar-refractivity contribution is -0.139. The number of aliphatic hydroxyl groups is 1. The van der Waals surface area contributed by atoms with Crippen LogP contribution in [0.1, 0.15) is 35.2 Å². The SMILES string of the molecule is C[C@@H]1Cc2cc(/C(O)=C3\C(=O)C(=O)N(CCc4ccccc4)[C@@H]3c3ccc(N(C)C)cc3)ccc2O1. The molecule has 184 valence electrons. The van der Waals surface area contributed by atoms with Gasteiger partial charge in [0.15, 0.2) is 0 Å². The molecule has 1 saturated heterocycles. The number of nitrogens with zero attached hydrogens (tertiary/aromatic N) is 2. The number of hydrogen-bond acceptors (Lipinski definition) is 5. The van der Waals surface area contributed by atoms with Gasteiger partial charge in [0, 0.05) is 38.3 Å². The fourth-order valence-electron chi connectivity index (χ4n) is 5.03. The number of Topliss-reactive ketones (excluding diaryl/α,β-unsaturated/α-hetero) is 1. The predicted octanol–water partition coefficient (Wildman–Crippen LogP) is 4.74. The number of amides is 1. The van der Waals surface area contributed by atoms with E-state index in [0.717, 1.165) is 34.5 Å². The quantitative estimate of drug-likeness (QED) is 0.312. The number of ether oxygens (including phenoxy) is 1. The first-order valence-electron chi connectivity index (χ1n) is 12.2. The molecule has 1 N–H and O–H groups in total.